The molecule has 2 nitrogen and oxygen atoms in total. The van der Waals surface area contributed by atoms with E-state index in [2.05, 4.69) is 6.58 Å². The molecule has 0 amide bonds. The highest BCUT2D eigenvalue weighted by Gasteiger charge is 1.91. The van der Waals surface area contributed by atoms with E-state index in [0.717, 1.165) is 0 Å². The maximum Gasteiger partial charge on any atom is 0.0740 e. The molecule has 0 aromatic heterocycles. The standard InChI is InChI=1S/C5H10O2/c1-2-5(7)3-4-6/h2,5-7H,1,3-4H2. The molecule has 7 heavy (non-hydrogen) atoms. The van der Waals surface area contributed by atoms with Gasteiger partial charge in [0.15, 0.2) is 0 Å². The summed E-state index contributed by atoms with van der Waals surface area (Å²) in [7, 11) is 0. The molecule has 0 rings (SSSR count). The lowest BCUT2D eigenvalue weighted by molar-refractivity contribution is 0.170. The minimum absolute atomic E-state index is 0.0210. The van der Waals surface area contributed by atoms with Crippen LogP contribution in [0.1, 0.15) is 6.42 Å². The summed E-state index contributed by atoms with van der Waals surface area (Å²) in [4.78, 5) is 0. The Bertz CT molecular complexity index is 52.0. The van der Waals surface area contributed by atoms with E-state index in [-0.39, 0.29) is 6.61 Å². The molecule has 0 aliphatic heterocycles. The summed E-state index contributed by atoms with van der Waals surface area (Å²) in [6.07, 6.45) is 1.25. The molecule has 1 unspecified atom stereocenters. The molecule has 0 heterocycles. The van der Waals surface area contributed by atoms with E-state index >= 15 is 0 Å². The molecule has 2 heteroatoms. The Hall–Kier alpha value is -0.340. The van der Waals surface area contributed by atoms with Crippen LogP contribution in [0.15, 0.2) is 12.7 Å². The van der Waals surface area contributed by atoms with Crippen LogP contribution in [0.5, 0.6) is 0 Å². The highest BCUT2D eigenvalue weighted by atomic mass is 16.3. The molecule has 0 aromatic carbocycles. The predicted octanol–water partition coefficient (Wildman–Crippen LogP) is -0.0843. The third kappa shape index (κ3) is 3.49. The molecule has 0 spiro atoms. The van der Waals surface area contributed by atoms with Gasteiger partial charge in [0.25, 0.3) is 0 Å². The molecular formula is C5H10O2. The topological polar surface area (TPSA) is 40.5 Å². The second-order valence-corrected chi connectivity index (χ2v) is 1.32. The zero-order chi connectivity index (χ0) is 5.70. The van der Waals surface area contributed by atoms with Crippen LogP contribution in [0, 0.1) is 0 Å². The molecule has 2 N–H and O–H groups in total. The number of rotatable bonds is 3. The van der Waals surface area contributed by atoms with Crippen molar-refractivity contribution in [1.29, 1.82) is 0 Å². The van der Waals surface area contributed by atoms with E-state index in [1.165, 1.54) is 6.08 Å². The lowest BCUT2D eigenvalue weighted by Gasteiger charge is -1.97. The molecule has 0 radical (unpaired) electrons. The number of aliphatic hydroxyl groups is 2. The largest absolute Gasteiger partial charge is 0.396 e. The average Bonchev–Trinajstić information content (AvgIpc) is 1.68. The lowest BCUT2D eigenvalue weighted by atomic mass is 10.3. The van der Waals surface area contributed by atoms with Crippen molar-refractivity contribution in [2.24, 2.45) is 0 Å². The van der Waals surface area contributed by atoms with E-state index in [4.69, 9.17) is 10.2 Å². The van der Waals surface area contributed by atoms with Crippen LogP contribution >= 0.6 is 0 Å². The Morgan fingerprint density at radius 3 is 2.43 bits per heavy atom. The van der Waals surface area contributed by atoms with Crippen LogP contribution in [-0.2, 0) is 0 Å². The Kier molecular flexibility index (Phi) is 3.65. The minimum atomic E-state index is -0.537. The number of hydrogen-bond donors (Lipinski definition) is 2. The van der Waals surface area contributed by atoms with E-state index in [1.54, 1.807) is 0 Å². The Labute approximate surface area is 43.1 Å². The normalized spacial score (nSPS) is 13.4. The summed E-state index contributed by atoms with van der Waals surface area (Å²) in [5, 5.41) is 16.7. The van der Waals surface area contributed by atoms with Crippen molar-refractivity contribution in [2.75, 3.05) is 6.61 Å². The van der Waals surface area contributed by atoms with E-state index in [1.807, 2.05) is 0 Å². The van der Waals surface area contributed by atoms with Crippen molar-refractivity contribution in [3.05, 3.63) is 12.7 Å². The highest BCUT2D eigenvalue weighted by Crippen LogP contribution is 1.87. The molecule has 1 atom stereocenters. The van der Waals surface area contributed by atoms with Gasteiger partial charge >= 0.3 is 0 Å². The molecule has 0 aliphatic carbocycles. The van der Waals surface area contributed by atoms with Gasteiger partial charge in [-0.3, -0.25) is 0 Å². The fourth-order valence-electron chi connectivity index (χ4n) is 0.250. The Morgan fingerprint density at radius 2 is 2.29 bits per heavy atom. The summed E-state index contributed by atoms with van der Waals surface area (Å²) in [5.74, 6) is 0. The number of hydrogen-bond acceptors (Lipinski definition) is 2. The smallest absolute Gasteiger partial charge is 0.0740 e. The monoisotopic (exact) mass is 102 g/mol. The molecule has 42 valence electrons. The fourth-order valence-corrected chi connectivity index (χ4v) is 0.250. The van der Waals surface area contributed by atoms with Gasteiger partial charge in [-0.2, -0.15) is 0 Å². The lowest BCUT2D eigenvalue weighted by Crippen LogP contribution is -2.02. The summed E-state index contributed by atoms with van der Waals surface area (Å²) >= 11 is 0. The van der Waals surface area contributed by atoms with Crippen molar-refractivity contribution >= 4 is 0 Å². The van der Waals surface area contributed by atoms with Crippen molar-refractivity contribution < 1.29 is 10.2 Å². The summed E-state index contributed by atoms with van der Waals surface area (Å²) in [6.45, 7) is 3.34. The average molecular weight is 102 g/mol. The zero-order valence-corrected chi connectivity index (χ0v) is 4.17. The van der Waals surface area contributed by atoms with E-state index < -0.39 is 6.10 Å². The van der Waals surface area contributed by atoms with Crippen LogP contribution in [0.25, 0.3) is 0 Å². The second kappa shape index (κ2) is 3.84. The van der Waals surface area contributed by atoms with Crippen LogP contribution in [0.2, 0.25) is 0 Å². The van der Waals surface area contributed by atoms with Crippen molar-refractivity contribution in [3.8, 4) is 0 Å². The maximum absolute atomic E-state index is 8.58. The van der Waals surface area contributed by atoms with Gasteiger partial charge in [-0.1, -0.05) is 6.08 Å². The first kappa shape index (κ1) is 6.66. The van der Waals surface area contributed by atoms with Gasteiger partial charge in [0.2, 0.25) is 0 Å². The summed E-state index contributed by atoms with van der Waals surface area (Å²) in [6, 6.07) is 0. The van der Waals surface area contributed by atoms with Gasteiger partial charge in [-0.15, -0.1) is 6.58 Å². The third-order valence-electron chi connectivity index (χ3n) is 0.697. The van der Waals surface area contributed by atoms with Crippen molar-refractivity contribution in [3.63, 3.8) is 0 Å². The maximum atomic E-state index is 8.58. The molecule has 0 aromatic rings. The first-order valence-corrected chi connectivity index (χ1v) is 2.22. The van der Waals surface area contributed by atoms with Crippen LogP contribution in [-0.4, -0.2) is 22.9 Å². The van der Waals surface area contributed by atoms with Gasteiger partial charge in [0.05, 0.1) is 6.10 Å². The number of aliphatic hydroxyl groups excluding tert-OH is 2. The second-order valence-electron chi connectivity index (χ2n) is 1.32. The molecule has 0 saturated heterocycles. The van der Waals surface area contributed by atoms with E-state index in [0.29, 0.717) is 6.42 Å². The SMILES string of the molecule is C=CC(O)CCO. The Balaban J connectivity index is 2.98. The van der Waals surface area contributed by atoms with Crippen LogP contribution < -0.4 is 0 Å². The summed E-state index contributed by atoms with van der Waals surface area (Å²) < 4.78 is 0. The Morgan fingerprint density at radius 1 is 1.71 bits per heavy atom. The fraction of sp³-hybridized carbons (Fsp3) is 0.600. The zero-order valence-electron chi connectivity index (χ0n) is 4.17. The van der Waals surface area contributed by atoms with Crippen LogP contribution in [0.4, 0.5) is 0 Å². The predicted molar refractivity (Wildman–Crippen MR) is 27.9 cm³/mol. The van der Waals surface area contributed by atoms with Gasteiger partial charge in [0, 0.05) is 6.61 Å². The third-order valence-corrected chi connectivity index (χ3v) is 0.697. The molecule has 0 fully saturated rings. The molecule has 0 saturated carbocycles. The molecular weight excluding hydrogens is 92.1 g/mol. The van der Waals surface area contributed by atoms with E-state index in [9.17, 15) is 0 Å². The van der Waals surface area contributed by atoms with Crippen molar-refractivity contribution in [2.45, 2.75) is 12.5 Å². The van der Waals surface area contributed by atoms with Gasteiger partial charge in [0.1, 0.15) is 0 Å². The minimum Gasteiger partial charge on any atom is -0.396 e. The van der Waals surface area contributed by atoms with Gasteiger partial charge in [-0.05, 0) is 6.42 Å². The van der Waals surface area contributed by atoms with Crippen LogP contribution in [0.3, 0.4) is 0 Å². The molecule has 0 aliphatic rings. The first-order valence-electron chi connectivity index (χ1n) is 2.22. The quantitative estimate of drug-likeness (QED) is 0.489. The van der Waals surface area contributed by atoms with Gasteiger partial charge < -0.3 is 10.2 Å². The van der Waals surface area contributed by atoms with Crippen molar-refractivity contribution in [1.82, 2.24) is 0 Å². The first-order chi connectivity index (χ1) is 3.31. The highest BCUT2D eigenvalue weighted by molar-refractivity contribution is 4.76. The van der Waals surface area contributed by atoms with Gasteiger partial charge in [-0.25, -0.2) is 0 Å². The summed E-state index contributed by atoms with van der Waals surface area (Å²) in [5.41, 5.74) is 0. The molecule has 0 bridgehead atoms.